The van der Waals surface area contributed by atoms with Gasteiger partial charge in [0.25, 0.3) is 0 Å². The summed E-state index contributed by atoms with van der Waals surface area (Å²) in [6.45, 7) is 7.56. The molecule has 0 spiro atoms. The molecule has 0 bridgehead atoms. The molecule has 0 unspecified atom stereocenters. The van der Waals surface area contributed by atoms with Crippen molar-refractivity contribution in [2.75, 3.05) is 13.6 Å². The Kier molecular flexibility index (Phi) is 4.02. The zero-order valence-corrected chi connectivity index (χ0v) is 11.8. The number of benzene rings is 1. The Morgan fingerprint density at radius 2 is 2.11 bits per heavy atom. The molecule has 3 heteroatoms. The first-order valence-corrected chi connectivity index (χ1v) is 6.75. The summed E-state index contributed by atoms with van der Waals surface area (Å²) >= 11 is 0. The molecule has 3 nitrogen and oxygen atoms in total. The third-order valence-corrected chi connectivity index (χ3v) is 3.34. The molecular formula is C15H23N3. The number of rotatable bonds is 5. The Morgan fingerprint density at radius 1 is 1.33 bits per heavy atom. The second-order valence-corrected chi connectivity index (χ2v) is 5.15. The van der Waals surface area contributed by atoms with Crippen LogP contribution in [0.2, 0.25) is 0 Å². The van der Waals surface area contributed by atoms with Gasteiger partial charge in [0, 0.05) is 6.04 Å². The lowest BCUT2D eigenvalue weighted by Gasteiger charge is -2.10. The molecule has 0 aliphatic carbocycles. The van der Waals surface area contributed by atoms with Crippen molar-refractivity contribution in [1.82, 2.24) is 14.9 Å². The zero-order chi connectivity index (χ0) is 13.1. The van der Waals surface area contributed by atoms with Crippen LogP contribution in [0.1, 0.15) is 37.7 Å². The molecule has 1 aromatic carbocycles. The first-order chi connectivity index (χ1) is 8.63. The minimum atomic E-state index is 0.463. The van der Waals surface area contributed by atoms with E-state index in [0.717, 1.165) is 24.3 Å². The maximum atomic E-state index is 4.67. The highest BCUT2D eigenvalue weighted by Gasteiger charge is 2.10. The number of aryl methyl sites for hydroxylation is 2. The minimum absolute atomic E-state index is 0.463. The van der Waals surface area contributed by atoms with E-state index in [9.17, 15) is 0 Å². The van der Waals surface area contributed by atoms with Crippen molar-refractivity contribution in [2.45, 2.75) is 39.7 Å². The highest BCUT2D eigenvalue weighted by Crippen LogP contribution is 2.22. The van der Waals surface area contributed by atoms with Crippen molar-refractivity contribution >= 4 is 11.0 Å². The van der Waals surface area contributed by atoms with Gasteiger partial charge in [-0.05, 0) is 64.9 Å². The van der Waals surface area contributed by atoms with Gasteiger partial charge in [-0.15, -0.1) is 0 Å². The fraction of sp³-hybridized carbons (Fsp3) is 0.533. The topological polar surface area (TPSA) is 29.9 Å². The molecule has 1 aromatic heterocycles. The highest BCUT2D eigenvalue weighted by molar-refractivity contribution is 5.77. The van der Waals surface area contributed by atoms with E-state index in [-0.39, 0.29) is 0 Å². The summed E-state index contributed by atoms with van der Waals surface area (Å²) in [5, 5.41) is 3.18. The Bertz CT molecular complexity index is 526. The smallest absolute Gasteiger partial charge is 0.106 e. The van der Waals surface area contributed by atoms with E-state index in [1.807, 2.05) is 7.05 Å². The van der Waals surface area contributed by atoms with Gasteiger partial charge in [0.05, 0.1) is 11.0 Å². The van der Waals surface area contributed by atoms with Crippen LogP contribution in [-0.4, -0.2) is 23.1 Å². The first-order valence-electron chi connectivity index (χ1n) is 6.75. The normalized spacial score (nSPS) is 11.6. The number of hydrogen-bond donors (Lipinski definition) is 1. The number of nitrogens with zero attached hydrogens (tertiary/aromatic N) is 2. The van der Waals surface area contributed by atoms with Crippen LogP contribution in [0.15, 0.2) is 18.2 Å². The molecule has 18 heavy (non-hydrogen) atoms. The van der Waals surface area contributed by atoms with Crippen LogP contribution in [0.4, 0.5) is 0 Å². The minimum Gasteiger partial charge on any atom is -0.326 e. The van der Waals surface area contributed by atoms with E-state index in [1.54, 1.807) is 0 Å². The zero-order valence-electron chi connectivity index (χ0n) is 11.8. The van der Waals surface area contributed by atoms with Crippen LogP contribution in [0.25, 0.3) is 11.0 Å². The van der Waals surface area contributed by atoms with Gasteiger partial charge in [0.2, 0.25) is 0 Å². The Hall–Kier alpha value is -1.35. The summed E-state index contributed by atoms with van der Waals surface area (Å²) in [5.41, 5.74) is 3.76. The molecule has 0 radical (unpaired) electrons. The molecule has 98 valence electrons. The Balaban J connectivity index is 2.30. The van der Waals surface area contributed by atoms with Crippen LogP contribution in [0.3, 0.4) is 0 Å². The summed E-state index contributed by atoms with van der Waals surface area (Å²) in [4.78, 5) is 4.67. The van der Waals surface area contributed by atoms with Gasteiger partial charge in [-0.25, -0.2) is 4.98 Å². The monoisotopic (exact) mass is 245 g/mol. The van der Waals surface area contributed by atoms with E-state index in [2.05, 4.69) is 53.8 Å². The van der Waals surface area contributed by atoms with E-state index < -0.39 is 0 Å². The second-order valence-electron chi connectivity index (χ2n) is 5.15. The van der Waals surface area contributed by atoms with Gasteiger partial charge in [-0.3, -0.25) is 0 Å². The maximum absolute atomic E-state index is 4.67. The molecular weight excluding hydrogens is 222 g/mol. The lowest BCUT2D eigenvalue weighted by molar-refractivity contribution is 0.600. The van der Waals surface area contributed by atoms with E-state index in [0.29, 0.717) is 6.04 Å². The Labute approximate surface area is 109 Å². The van der Waals surface area contributed by atoms with Crippen LogP contribution in [-0.2, 0) is 6.42 Å². The van der Waals surface area contributed by atoms with Gasteiger partial charge in [-0.2, -0.15) is 0 Å². The quantitative estimate of drug-likeness (QED) is 0.820. The summed E-state index contributed by atoms with van der Waals surface area (Å²) in [6.07, 6.45) is 2.29. The van der Waals surface area contributed by atoms with E-state index in [4.69, 9.17) is 0 Å². The molecule has 0 aliphatic heterocycles. The van der Waals surface area contributed by atoms with Gasteiger partial charge < -0.3 is 9.88 Å². The summed E-state index contributed by atoms with van der Waals surface area (Å²) < 4.78 is 2.30. The van der Waals surface area contributed by atoms with Crippen LogP contribution in [0.5, 0.6) is 0 Å². The lowest BCUT2D eigenvalue weighted by atomic mass is 10.1. The molecule has 1 heterocycles. The molecule has 0 atom stereocenters. The highest BCUT2D eigenvalue weighted by atomic mass is 15.1. The number of fused-ring (bicyclic) bond motifs is 1. The van der Waals surface area contributed by atoms with Crippen LogP contribution < -0.4 is 5.32 Å². The average Bonchev–Trinajstić information content (AvgIpc) is 2.64. The molecule has 0 amide bonds. The standard InChI is InChI=1S/C15H23N3/c1-11(2)18-12(3)17-14-10-13(6-5-9-16-4)7-8-15(14)18/h7-8,10-11,16H,5-6,9H2,1-4H3. The van der Waals surface area contributed by atoms with Crippen molar-refractivity contribution in [1.29, 1.82) is 0 Å². The van der Waals surface area contributed by atoms with Crippen molar-refractivity contribution in [3.05, 3.63) is 29.6 Å². The molecule has 1 N–H and O–H groups in total. The number of imidazole rings is 1. The first kappa shape index (κ1) is 13.1. The van der Waals surface area contributed by atoms with Gasteiger partial charge >= 0.3 is 0 Å². The molecule has 0 saturated heterocycles. The predicted octanol–water partition coefficient (Wildman–Crippen LogP) is 3.08. The third kappa shape index (κ3) is 2.56. The fourth-order valence-electron chi connectivity index (χ4n) is 2.54. The van der Waals surface area contributed by atoms with Crippen LogP contribution >= 0.6 is 0 Å². The summed E-state index contributed by atoms with van der Waals surface area (Å²) in [5.74, 6) is 1.10. The van der Waals surface area contributed by atoms with Gasteiger partial charge in [0.15, 0.2) is 0 Å². The molecule has 2 rings (SSSR count). The summed E-state index contributed by atoms with van der Waals surface area (Å²) in [6, 6.07) is 7.14. The van der Waals surface area contributed by atoms with Crippen LogP contribution in [0, 0.1) is 6.92 Å². The number of nitrogens with one attached hydrogen (secondary N) is 1. The second kappa shape index (κ2) is 5.53. The van der Waals surface area contributed by atoms with Crippen molar-refractivity contribution < 1.29 is 0 Å². The summed E-state index contributed by atoms with van der Waals surface area (Å²) in [7, 11) is 2.00. The van der Waals surface area contributed by atoms with Gasteiger partial charge in [-0.1, -0.05) is 6.07 Å². The van der Waals surface area contributed by atoms with Crippen molar-refractivity contribution in [2.24, 2.45) is 0 Å². The van der Waals surface area contributed by atoms with Crippen molar-refractivity contribution in [3.8, 4) is 0 Å². The Morgan fingerprint density at radius 3 is 2.78 bits per heavy atom. The largest absolute Gasteiger partial charge is 0.326 e. The molecule has 2 aromatic rings. The predicted molar refractivity (Wildman–Crippen MR) is 77.1 cm³/mol. The fourth-order valence-corrected chi connectivity index (χ4v) is 2.54. The van der Waals surface area contributed by atoms with E-state index in [1.165, 1.54) is 17.5 Å². The molecule has 0 saturated carbocycles. The van der Waals surface area contributed by atoms with E-state index >= 15 is 0 Å². The molecule has 0 aliphatic rings. The SMILES string of the molecule is CNCCCc1ccc2c(c1)nc(C)n2C(C)C. The maximum Gasteiger partial charge on any atom is 0.106 e. The van der Waals surface area contributed by atoms with Crippen molar-refractivity contribution in [3.63, 3.8) is 0 Å². The molecule has 0 fully saturated rings. The van der Waals surface area contributed by atoms with Gasteiger partial charge in [0.1, 0.15) is 5.82 Å². The number of aromatic nitrogens is 2. The third-order valence-electron chi connectivity index (χ3n) is 3.34. The lowest BCUT2D eigenvalue weighted by Crippen LogP contribution is -2.08. The average molecular weight is 245 g/mol. The number of hydrogen-bond acceptors (Lipinski definition) is 2.